The Morgan fingerprint density at radius 2 is 2.00 bits per heavy atom. The van der Waals surface area contributed by atoms with Gasteiger partial charge in [-0.25, -0.2) is 0 Å². The van der Waals surface area contributed by atoms with Gasteiger partial charge in [-0.1, -0.05) is 39.8 Å². The molecule has 1 saturated heterocycles. The predicted molar refractivity (Wildman–Crippen MR) is 76.7 cm³/mol. The molecule has 1 aliphatic heterocycles. The van der Waals surface area contributed by atoms with E-state index in [1.807, 2.05) is 6.92 Å². The van der Waals surface area contributed by atoms with E-state index in [1.165, 1.54) is 4.90 Å². The molecule has 2 rings (SSSR count). The quantitative estimate of drug-likeness (QED) is 0.805. The van der Waals surface area contributed by atoms with E-state index in [2.05, 4.69) is 13.8 Å². The first-order valence-electron chi connectivity index (χ1n) is 7.34. The molecule has 1 aliphatic carbocycles. The van der Waals surface area contributed by atoms with Gasteiger partial charge in [0.25, 0.3) is 0 Å². The molecule has 112 valence electrons. The minimum atomic E-state index is -0.833. The zero-order valence-electron chi connectivity index (χ0n) is 13.0. The lowest BCUT2D eigenvalue weighted by atomic mass is 9.68. The van der Waals surface area contributed by atoms with Crippen LogP contribution in [0.3, 0.4) is 0 Å². The highest BCUT2D eigenvalue weighted by atomic mass is 16.3. The van der Waals surface area contributed by atoms with E-state index in [-0.39, 0.29) is 23.3 Å². The molecule has 1 saturated carbocycles. The minimum Gasteiger partial charge on any atom is -0.388 e. The van der Waals surface area contributed by atoms with Gasteiger partial charge in [-0.15, -0.1) is 0 Å². The summed E-state index contributed by atoms with van der Waals surface area (Å²) < 4.78 is 0. The number of nitrogens with zero attached hydrogens (tertiary/aromatic N) is 1. The average Bonchev–Trinajstić information content (AvgIpc) is 2.73. The van der Waals surface area contributed by atoms with Gasteiger partial charge >= 0.3 is 0 Å². The zero-order valence-corrected chi connectivity index (χ0v) is 13.0. The SMILES string of the molecule is C/C=C/[C@H](O)[C@@H](C)C(=O)N1C(=O)[C@]2(C)C[C@H]1CC2(C)C. The van der Waals surface area contributed by atoms with E-state index in [9.17, 15) is 14.7 Å². The monoisotopic (exact) mass is 279 g/mol. The lowest BCUT2D eigenvalue weighted by molar-refractivity contribution is -0.157. The maximum absolute atomic E-state index is 12.6. The van der Waals surface area contributed by atoms with E-state index in [0.717, 1.165) is 12.8 Å². The Labute approximate surface area is 120 Å². The van der Waals surface area contributed by atoms with Crippen molar-refractivity contribution in [3.63, 3.8) is 0 Å². The highest BCUT2D eigenvalue weighted by Crippen LogP contribution is 2.59. The second-order valence-electron chi connectivity index (χ2n) is 7.10. The molecule has 2 fully saturated rings. The van der Waals surface area contributed by atoms with Crippen LogP contribution < -0.4 is 0 Å². The number of piperidine rings is 1. The maximum Gasteiger partial charge on any atom is 0.235 e. The summed E-state index contributed by atoms with van der Waals surface area (Å²) in [6, 6.07) is -0.00439. The molecule has 2 aliphatic rings. The molecule has 4 atom stereocenters. The number of aliphatic hydroxyl groups is 1. The van der Waals surface area contributed by atoms with Gasteiger partial charge in [0, 0.05) is 6.04 Å². The molecule has 2 bridgehead atoms. The summed E-state index contributed by atoms with van der Waals surface area (Å²) in [5.74, 6) is -0.894. The van der Waals surface area contributed by atoms with Crippen molar-refractivity contribution in [2.24, 2.45) is 16.7 Å². The van der Waals surface area contributed by atoms with Crippen LogP contribution in [-0.4, -0.2) is 34.0 Å². The van der Waals surface area contributed by atoms with Crippen molar-refractivity contribution in [2.45, 2.75) is 59.6 Å². The van der Waals surface area contributed by atoms with Crippen molar-refractivity contribution < 1.29 is 14.7 Å². The smallest absolute Gasteiger partial charge is 0.235 e. The fourth-order valence-electron chi connectivity index (χ4n) is 3.63. The van der Waals surface area contributed by atoms with E-state index in [0.29, 0.717) is 0 Å². The molecular formula is C16H25NO3. The lowest BCUT2D eigenvalue weighted by Crippen LogP contribution is -2.53. The minimum absolute atomic E-state index is 0.00439. The standard InChI is InChI=1S/C16H25NO3/c1-6-7-12(18)10(2)13(19)17-11-8-15(3,4)16(5,9-11)14(17)20/h6-7,10-12,18H,8-9H2,1-5H3/b7-6+/t10-,11-,12+,16+/m1/s1. The third kappa shape index (κ3) is 1.93. The van der Waals surface area contributed by atoms with Crippen molar-refractivity contribution in [1.82, 2.24) is 4.90 Å². The summed E-state index contributed by atoms with van der Waals surface area (Å²) in [6.07, 6.45) is 4.08. The number of carbonyl (C=O) groups is 2. The fraction of sp³-hybridized carbons (Fsp3) is 0.750. The molecule has 1 heterocycles. The molecule has 2 amide bonds. The third-order valence-corrected chi connectivity index (χ3v) is 5.47. The molecule has 1 N–H and O–H groups in total. The number of allylic oxidation sites excluding steroid dienone is 1. The van der Waals surface area contributed by atoms with Crippen LogP contribution in [0.25, 0.3) is 0 Å². The highest BCUT2D eigenvalue weighted by Gasteiger charge is 2.64. The van der Waals surface area contributed by atoms with Crippen LogP contribution in [0.15, 0.2) is 12.2 Å². The largest absolute Gasteiger partial charge is 0.388 e. The van der Waals surface area contributed by atoms with Crippen molar-refractivity contribution in [2.75, 3.05) is 0 Å². The van der Waals surface area contributed by atoms with Crippen molar-refractivity contribution in [3.05, 3.63) is 12.2 Å². The van der Waals surface area contributed by atoms with Crippen LogP contribution in [0.5, 0.6) is 0 Å². The summed E-state index contributed by atoms with van der Waals surface area (Å²) in [6.45, 7) is 9.65. The zero-order chi connectivity index (χ0) is 15.3. The number of carbonyl (C=O) groups excluding carboxylic acids is 2. The third-order valence-electron chi connectivity index (χ3n) is 5.47. The Hall–Kier alpha value is -1.16. The maximum atomic E-state index is 12.6. The summed E-state index contributed by atoms with van der Waals surface area (Å²) in [4.78, 5) is 26.6. The summed E-state index contributed by atoms with van der Waals surface area (Å²) in [5.41, 5.74) is -0.505. The second kappa shape index (κ2) is 4.69. The molecule has 4 nitrogen and oxygen atoms in total. The normalized spacial score (nSPS) is 34.8. The van der Waals surface area contributed by atoms with Crippen molar-refractivity contribution >= 4 is 11.8 Å². The van der Waals surface area contributed by atoms with E-state index < -0.39 is 17.4 Å². The molecule has 0 aromatic carbocycles. The van der Waals surface area contributed by atoms with Gasteiger partial charge in [0.15, 0.2) is 0 Å². The Kier molecular flexibility index (Phi) is 3.57. The number of hydrogen-bond acceptors (Lipinski definition) is 3. The van der Waals surface area contributed by atoms with Crippen LogP contribution >= 0.6 is 0 Å². The molecule has 0 aromatic heterocycles. The second-order valence-corrected chi connectivity index (χ2v) is 7.10. The van der Waals surface area contributed by atoms with Gasteiger partial charge in [0.1, 0.15) is 0 Å². The highest BCUT2D eigenvalue weighted by molar-refractivity contribution is 6.02. The topological polar surface area (TPSA) is 57.6 Å². The summed E-state index contributed by atoms with van der Waals surface area (Å²) >= 11 is 0. The van der Waals surface area contributed by atoms with Crippen LogP contribution in [0.1, 0.15) is 47.5 Å². The Bertz CT molecular complexity index is 468. The number of likely N-dealkylation sites (tertiary alicyclic amines) is 1. The molecule has 0 radical (unpaired) electrons. The molecular weight excluding hydrogens is 254 g/mol. The number of fused-ring (bicyclic) bond motifs is 2. The Morgan fingerprint density at radius 1 is 1.40 bits per heavy atom. The first-order valence-corrected chi connectivity index (χ1v) is 7.34. The first-order chi connectivity index (χ1) is 9.15. The lowest BCUT2D eigenvalue weighted by Gasteiger charge is -2.41. The molecule has 0 aromatic rings. The molecule has 4 heteroatoms. The van der Waals surface area contributed by atoms with Gasteiger partial charge in [-0.2, -0.15) is 0 Å². The van der Waals surface area contributed by atoms with Crippen LogP contribution in [-0.2, 0) is 9.59 Å². The molecule has 0 spiro atoms. The van der Waals surface area contributed by atoms with Crippen LogP contribution in [0, 0.1) is 16.7 Å². The summed E-state index contributed by atoms with van der Waals surface area (Å²) in [7, 11) is 0. The van der Waals surface area contributed by atoms with Crippen LogP contribution in [0.4, 0.5) is 0 Å². The Morgan fingerprint density at radius 3 is 2.45 bits per heavy atom. The van der Waals surface area contributed by atoms with E-state index in [1.54, 1.807) is 26.0 Å². The van der Waals surface area contributed by atoms with Crippen molar-refractivity contribution in [3.8, 4) is 0 Å². The first kappa shape index (κ1) is 15.2. The summed E-state index contributed by atoms with van der Waals surface area (Å²) in [5, 5.41) is 9.93. The van der Waals surface area contributed by atoms with Crippen molar-refractivity contribution in [1.29, 1.82) is 0 Å². The number of amides is 2. The van der Waals surface area contributed by atoms with Gasteiger partial charge < -0.3 is 5.11 Å². The van der Waals surface area contributed by atoms with Crippen LogP contribution in [0.2, 0.25) is 0 Å². The van der Waals surface area contributed by atoms with Gasteiger partial charge in [0.05, 0.1) is 17.4 Å². The molecule has 0 unspecified atom stereocenters. The number of rotatable bonds is 3. The fourth-order valence-corrected chi connectivity index (χ4v) is 3.63. The van der Waals surface area contributed by atoms with E-state index in [4.69, 9.17) is 0 Å². The molecule has 20 heavy (non-hydrogen) atoms. The van der Waals surface area contributed by atoms with Gasteiger partial charge in [-0.05, 0) is 25.2 Å². The number of imide groups is 1. The number of hydrogen-bond donors (Lipinski definition) is 1. The Balaban J connectivity index is 2.21. The van der Waals surface area contributed by atoms with Gasteiger partial charge in [0.2, 0.25) is 11.8 Å². The van der Waals surface area contributed by atoms with E-state index >= 15 is 0 Å². The van der Waals surface area contributed by atoms with Gasteiger partial charge in [-0.3, -0.25) is 14.5 Å². The predicted octanol–water partition coefficient (Wildman–Crippen LogP) is 2.12. The number of aliphatic hydroxyl groups excluding tert-OH is 1. The average molecular weight is 279 g/mol.